The molecule has 116 valence electrons. The van der Waals surface area contributed by atoms with Crippen molar-refractivity contribution in [1.29, 1.82) is 0 Å². The molecule has 0 bridgehead atoms. The lowest BCUT2D eigenvalue weighted by atomic mass is 10.3. The van der Waals surface area contributed by atoms with Crippen LogP contribution in [0.3, 0.4) is 0 Å². The summed E-state index contributed by atoms with van der Waals surface area (Å²) in [6.45, 7) is 7.39. The van der Waals surface area contributed by atoms with Gasteiger partial charge in [-0.1, -0.05) is 48.9 Å². The van der Waals surface area contributed by atoms with E-state index < -0.39 is 0 Å². The van der Waals surface area contributed by atoms with E-state index in [2.05, 4.69) is 20.6 Å². The highest BCUT2D eigenvalue weighted by atomic mass is 32.1. The number of hydrogen-bond acceptors (Lipinski definition) is 4. The van der Waals surface area contributed by atoms with E-state index in [1.54, 1.807) is 0 Å². The van der Waals surface area contributed by atoms with Crippen molar-refractivity contribution < 1.29 is 0 Å². The van der Waals surface area contributed by atoms with Crippen molar-refractivity contribution in [1.82, 2.24) is 10.6 Å². The van der Waals surface area contributed by atoms with Crippen molar-refractivity contribution in [3.8, 4) is 0 Å². The van der Waals surface area contributed by atoms with Crippen LogP contribution in [-0.4, -0.2) is 31.4 Å². The Hall–Kier alpha value is -1.22. The van der Waals surface area contributed by atoms with E-state index in [1.165, 1.54) is 0 Å². The lowest BCUT2D eigenvalue weighted by Gasteiger charge is -2.10. The molecule has 1 heterocycles. The fraction of sp³-hybridized carbons (Fsp3) is 0.286. The lowest BCUT2D eigenvalue weighted by molar-refractivity contribution is 1.15. The normalized spacial score (nSPS) is 23.1. The van der Waals surface area contributed by atoms with Crippen molar-refractivity contribution in [2.75, 3.05) is 0 Å². The Bertz CT molecular complexity index is 610. The Morgan fingerprint density at radius 1 is 0.682 bits per heavy atom. The first kappa shape index (κ1) is 18.8. The highest BCUT2D eigenvalue weighted by Gasteiger charge is 2.07. The topological polar surface area (TPSA) is 48.8 Å². The molecule has 2 N–H and O–H groups in total. The van der Waals surface area contributed by atoms with Gasteiger partial charge in [0.1, 0.15) is 9.98 Å². The quantitative estimate of drug-likeness (QED) is 0.640. The zero-order valence-corrected chi connectivity index (χ0v) is 15.9. The van der Waals surface area contributed by atoms with E-state index in [-0.39, 0.29) is 0 Å². The molecule has 0 aromatic heterocycles. The minimum absolute atomic E-state index is 0.328. The molecule has 0 saturated heterocycles. The van der Waals surface area contributed by atoms with Crippen LogP contribution >= 0.6 is 48.9 Å². The maximum atomic E-state index is 5.24. The Morgan fingerprint density at radius 3 is 1.32 bits per heavy atom. The molecule has 0 unspecified atom stereocenters. The summed E-state index contributed by atoms with van der Waals surface area (Å²) in [5, 5.41) is 6.05. The van der Waals surface area contributed by atoms with Gasteiger partial charge in [0.25, 0.3) is 0 Å². The molecule has 22 heavy (non-hydrogen) atoms. The number of aliphatic imine (C=N–C) groups is 2. The molecular weight excluding hydrogens is 352 g/mol. The van der Waals surface area contributed by atoms with E-state index in [0.29, 0.717) is 31.4 Å². The summed E-state index contributed by atoms with van der Waals surface area (Å²) in [6.07, 6.45) is 3.63. The highest BCUT2D eigenvalue weighted by molar-refractivity contribution is 7.89. The van der Waals surface area contributed by atoms with Crippen molar-refractivity contribution >= 4 is 80.2 Å². The molecule has 1 rings (SSSR count). The summed E-state index contributed by atoms with van der Waals surface area (Å²) >= 11 is 20.9. The molecule has 0 atom stereocenters. The number of nitrogens with one attached hydrogen (secondary N) is 2. The third kappa shape index (κ3) is 6.27. The van der Waals surface area contributed by atoms with Gasteiger partial charge in [-0.25, -0.2) is 9.98 Å². The van der Waals surface area contributed by atoms with Crippen LogP contribution < -0.4 is 10.6 Å². The van der Waals surface area contributed by atoms with Crippen LogP contribution in [-0.2, 0) is 0 Å². The molecule has 0 aromatic carbocycles. The molecular formula is C14H16N4S4. The second-order valence-electron chi connectivity index (χ2n) is 4.68. The third-order valence-electron chi connectivity index (χ3n) is 2.42. The molecule has 4 nitrogen and oxygen atoms in total. The van der Waals surface area contributed by atoms with Gasteiger partial charge in [0, 0.05) is 22.8 Å². The third-order valence-corrected chi connectivity index (χ3v) is 3.86. The van der Waals surface area contributed by atoms with E-state index in [0.717, 1.165) is 11.4 Å². The summed E-state index contributed by atoms with van der Waals surface area (Å²) in [6, 6.07) is 0. The number of rotatable bonds is 0. The van der Waals surface area contributed by atoms with Crippen LogP contribution in [0.4, 0.5) is 0 Å². The first-order valence-electron chi connectivity index (χ1n) is 6.37. The van der Waals surface area contributed by atoms with Crippen LogP contribution in [0.1, 0.15) is 27.7 Å². The molecule has 0 aromatic rings. The van der Waals surface area contributed by atoms with E-state index in [4.69, 9.17) is 48.9 Å². The van der Waals surface area contributed by atoms with E-state index >= 15 is 0 Å². The predicted molar refractivity (Wildman–Crippen MR) is 110 cm³/mol. The Balaban J connectivity index is 3.25. The van der Waals surface area contributed by atoms with Crippen molar-refractivity contribution in [2.45, 2.75) is 27.7 Å². The minimum Gasteiger partial charge on any atom is -0.348 e. The maximum absolute atomic E-state index is 5.24. The lowest BCUT2D eigenvalue weighted by Crippen LogP contribution is -2.28. The van der Waals surface area contributed by atoms with Crippen LogP contribution in [0.2, 0.25) is 0 Å². The highest BCUT2D eigenvalue weighted by Crippen LogP contribution is 1.99. The van der Waals surface area contributed by atoms with Crippen LogP contribution in [0, 0.1) is 0 Å². The van der Waals surface area contributed by atoms with Gasteiger partial charge in [0.05, 0.1) is 0 Å². The Labute approximate surface area is 151 Å². The molecule has 0 aliphatic carbocycles. The minimum atomic E-state index is 0.328. The molecule has 0 radical (unpaired) electrons. The number of hydrogen-bond donors (Lipinski definition) is 2. The van der Waals surface area contributed by atoms with Gasteiger partial charge in [-0.05, 0) is 39.8 Å². The monoisotopic (exact) mass is 368 g/mol. The largest absolute Gasteiger partial charge is 0.348 e. The van der Waals surface area contributed by atoms with Gasteiger partial charge < -0.3 is 10.6 Å². The van der Waals surface area contributed by atoms with Gasteiger partial charge in [-0.15, -0.1) is 0 Å². The molecule has 8 heteroatoms. The fourth-order valence-electron chi connectivity index (χ4n) is 1.65. The maximum Gasteiger partial charge on any atom is 0.161 e. The Morgan fingerprint density at radius 2 is 1.00 bits per heavy atom. The van der Waals surface area contributed by atoms with Crippen molar-refractivity contribution in [2.24, 2.45) is 9.98 Å². The SMILES string of the molecule is CC1=NC(=S)C(=S)N/C(C)=C/C(C)=NC(=S)C(=S)N/C(C)=C/1. The summed E-state index contributed by atoms with van der Waals surface area (Å²) < 4.78 is 0. The van der Waals surface area contributed by atoms with Crippen LogP contribution in [0.5, 0.6) is 0 Å². The molecule has 0 spiro atoms. The zero-order chi connectivity index (χ0) is 16.9. The van der Waals surface area contributed by atoms with Gasteiger partial charge in [-0.3, -0.25) is 0 Å². The number of nitrogens with zero attached hydrogens (tertiary/aromatic N) is 2. The van der Waals surface area contributed by atoms with Crippen LogP contribution in [0.25, 0.3) is 0 Å². The smallest absolute Gasteiger partial charge is 0.161 e. The summed E-state index contributed by atoms with van der Waals surface area (Å²) in [5.74, 6) is 0. The van der Waals surface area contributed by atoms with Crippen molar-refractivity contribution in [3.05, 3.63) is 23.5 Å². The molecule has 0 fully saturated rings. The molecule has 0 amide bonds. The second-order valence-corrected chi connectivity index (χ2v) is 6.27. The average Bonchev–Trinajstić information content (AvgIpc) is 2.36. The summed E-state index contributed by atoms with van der Waals surface area (Å²) in [5.41, 5.74) is 3.02. The summed E-state index contributed by atoms with van der Waals surface area (Å²) in [7, 11) is 0. The molecule has 1 aliphatic heterocycles. The number of allylic oxidation sites excluding steroid dienone is 4. The fourth-order valence-corrected chi connectivity index (χ4v) is 2.45. The molecule has 0 saturated carbocycles. The molecule has 1 aliphatic rings. The summed E-state index contributed by atoms with van der Waals surface area (Å²) in [4.78, 5) is 10.0. The standard InChI is InChI=1S/C14H16N4S4/c1-7-5-8(2)16-13(21)14(22)18-10(4)6-9(3)17-12(20)11(19)15-7/h5-6H,1-4H3,(H,15,19)(H,18,22)/b7-5+,10-6+,16-8?,17-9?. The van der Waals surface area contributed by atoms with Gasteiger partial charge >= 0.3 is 0 Å². The van der Waals surface area contributed by atoms with Gasteiger partial charge in [-0.2, -0.15) is 0 Å². The van der Waals surface area contributed by atoms with E-state index in [1.807, 2.05) is 39.8 Å². The first-order chi connectivity index (χ1) is 10.2. The van der Waals surface area contributed by atoms with Crippen molar-refractivity contribution in [3.63, 3.8) is 0 Å². The van der Waals surface area contributed by atoms with E-state index in [9.17, 15) is 0 Å². The number of thiocarbonyl (C=S) groups is 4. The zero-order valence-electron chi connectivity index (χ0n) is 12.7. The second kappa shape index (κ2) is 8.42. The average molecular weight is 369 g/mol. The van der Waals surface area contributed by atoms with Gasteiger partial charge in [0.15, 0.2) is 9.98 Å². The van der Waals surface area contributed by atoms with Gasteiger partial charge in [0.2, 0.25) is 0 Å². The Kier molecular flexibility index (Phi) is 7.21. The predicted octanol–water partition coefficient (Wildman–Crippen LogP) is 3.22. The van der Waals surface area contributed by atoms with Crippen LogP contribution in [0.15, 0.2) is 33.5 Å². The first-order valence-corrected chi connectivity index (χ1v) is 8.00.